The predicted octanol–water partition coefficient (Wildman–Crippen LogP) is 2.53. The summed E-state index contributed by atoms with van der Waals surface area (Å²) in [7, 11) is -3.51. The molecule has 1 atom stereocenters. The molecule has 1 aromatic carbocycles. The predicted molar refractivity (Wildman–Crippen MR) is 117 cm³/mol. The lowest BCUT2D eigenvalue weighted by molar-refractivity contribution is -0.166. The van der Waals surface area contributed by atoms with E-state index >= 15 is 0 Å². The number of nitrogens with zero attached hydrogens (tertiary/aromatic N) is 1. The lowest BCUT2D eigenvalue weighted by Gasteiger charge is -2.29. The van der Waals surface area contributed by atoms with E-state index in [1.165, 1.54) is 0 Å². The van der Waals surface area contributed by atoms with E-state index in [9.17, 15) is 22.8 Å². The van der Waals surface area contributed by atoms with Crippen LogP contribution in [0.3, 0.4) is 0 Å². The number of hydrogen-bond acceptors (Lipinski definition) is 8. The molecular weight excluding hydrogens is 440 g/mol. The van der Waals surface area contributed by atoms with Gasteiger partial charge in [0.1, 0.15) is 23.9 Å². The molecule has 1 rings (SSSR count). The van der Waals surface area contributed by atoms with Crippen LogP contribution in [0.5, 0.6) is 0 Å². The third kappa shape index (κ3) is 10.1. The summed E-state index contributed by atoms with van der Waals surface area (Å²) in [6, 6.07) is 7.10. The third-order valence-corrected chi connectivity index (χ3v) is 5.14. The van der Waals surface area contributed by atoms with Gasteiger partial charge in [-0.3, -0.25) is 9.59 Å². The van der Waals surface area contributed by atoms with Crippen molar-refractivity contribution in [3.8, 4) is 0 Å². The van der Waals surface area contributed by atoms with Crippen molar-refractivity contribution in [3.63, 3.8) is 0 Å². The molecule has 1 aromatic rings. The van der Waals surface area contributed by atoms with Crippen LogP contribution < -0.4 is 4.72 Å². The highest BCUT2D eigenvalue weighted by Crippen LogP contribution is 2.17. The zero-order valence-corrected chi connectivity index (χ0v) is 20.3. The molecule has 0 spiro atoms. The van der Waals surface area contributed by atoms with Crippen LogP contribution in [0, 0.1) is 0 Å². The molecule has 0 aliphatic heterocycles. The highest BCUT2D eigenvalue weighted by atomic mass is 32.2. The maximum atomic E-state index is 12.7. The molecule has 0 heterocycles. The first-order valence-electron chi connectivity index (χ1n) is 9.91. The second kappa shape index (κ2) is 10.8. The monoisotopic (exact) mass is 472 g/mol. The van der Waals surface area contributed by atoms with E-state index in [2.05, 4.69) is 0 Å². The molecule has 0 fully saturated rings. The fourth-order valence-corrected chi connectivity index (χ4v) is 3.28. The number of esters is 2. The van der Waals surface area contributed by atoms with Crippen molar-refractivity contribution >= 4 is 28.2 Å². The van der Waals surface area contributed by atoms with E-state index < -0.39 is 51.9 Å². The lowest BCUT2D eigenvalue weighted by Crippen LogP contribution is -2.51. The summed E-state index contributed by atoms with van der Waals surface area (Å²) in [6.07, 6.45) is -1.84. The Kier molecular flexibility index (Phi) is 9.22. The molecule has 1 N–H and O–H groups in total. The van der Waals surface area contributed by atoms with Crippen molar-refractivity contribution in [1.29, 1.82) is 0 Å². The van der Waals surface area contributed by atoms with Gasteiger partial charge in [0, 0.05) is 7.05 Å². The summed E-state index contributed by atoms with van der Waals surface area (Å²) >= 11 is 0. The minimum absolute atomic E-state index is 0.153. The second-order valence-corrected chi connectivity index (χ2v) is 10.8. The fourth-order valence-electron chi connectivity index (χ4n) is 2.37. The van der Waals surface area contributed by atoms with Crippen LogP contribution in [0.4, 0.5) is 4.79 Å². The zero-order chi connectivity index (χ0) is 24.7. The summed E-state index contributed by atoms with van der Waals surface area (Å²) in [6.45, 7) is 9.56. The number of hydrogen-bond donors (Lipinski definition) is 1. The van der Waals surface area contributed by atoms with Crippen LogP contribution in [0.1, 0.15) is 53.5 Å². The van der Waals surface area contributed by atoms with E-state index in [0.29, 0.717) is 9.87 Å². The third-order valence-electron chi connectivity index (χ3n) is 3.70. The van der Waals surface area contributed by atoms with Gasteiger partial charge in [0.25, 0.3) is 0 Å². The maximum absolute atomic E-state index is 12.7. The highest BCUT2D eigenvalue weighted by Gasteiger charge is 2.38. The number of benzene rings is 1. The van der Waals surface area contributed by atoms with Gasteiger partial charge in [0.2, 0.25) is 0 Å². The first kappa shape index (κ1) is 27.4. The van der Waals surface area contributed by atoms with Gasteiger partial charge in [-0.1, -0.05) is 30.3 Å². The van der Waals surface area contributed by atoms with Crippen LogP contribution in [-0.2, 0) is 40.6 Å². The van der Waals surface area contributed by atoms with Gasteiger partial charge in [-0.25, -0.2) is 9.52 Å². The van der Waals surface area contributed by atoms with Crippen LogP contribution in [0.25, 0.3) is 0 Å². The van der Waals surface area contributed by atoms with Crippen molar-refractivity contribution in [2.45, 2.75) is 71.8 Å². The number of nitrogens with one attached hydrogen (secondary N) is 1. The number of carbonyl (C=O) groups is 3. The van der Waals surface area contributed by atoms with E-state index in [-0.39, 0.29) is 6.61 Å². The standard InChI is InChI=1S/C21H32N2O8S/c1-20(2,3)30-17(24)13-16(18(25)31-21(4,5)6)23(7)32(27,28)22-19(26)29-14-15-11-9-8-10-12-15/h8-12,16H,13-14H2,1-7H3,(H,22,26). The Balaban J connectivity index is 2.96. The Morgan fingerprint density at radius 2 is 1.50 bits per heavy atom. The van der Waals surface area contributed by atoms with Gasteiger partial charge in [-0.05, 0) is 47.1 Å². The summed E-state index contributed by atoms with van der Waals surface area (Å²) < 4.78 is 43.0. The van der Waals surface area contributed by atoms with Crippen molar-refractivity contribution in [2.24, 2.45) is 0 Å². The molecule has 1 unspecified atom stereocenters. The van der Waals surface area contributed by atoms with Crippen molar-refractivity contribution in [1.82, 2.24) is 9.03 Å². The summed E-state index contributed by atoms with van der Waals surface area (Å²) in [5.41, 5.74) is -1.12. The maximum Gasteiger partial charge on any atom is 0.422 e. The number of rotatable bonds is 8. The molecule has 0 saturated heterocycles. The van der Waals surface area contributed by atoms with Gasteiger partial charge in [0.15, 0.2) is 0 Å². The Morgan fingerprint density at radius 1 is 0.969 bits per heavy atom. The minimum atomic E-state index is -4.55. The van der Waals surface area contributed by atoms with Gasteiger partial charge in [-0.2, -0.15) is 12.7 Å². The SMILES string of the molecule is CN(C(CC(=O)OC(C)(C)C)C(=O)OC(C)(C)C)S(=O)(=O)NC(=O)OCc1ccccc1. The Bertz CT molecular complexity index is 902. The zero-order valence-electron chi connectivity index (χ0n) is 19.5. The Hall–Kier alpha value is -2.66. The smallest absolute Gasteiger partial charge is 0.422 e. The number of likely N-dealkylation sites (N-methyl/N-ethyl adjacent to an activating group) is 1. The Labute approximate surface area is 189 Å². The number of carbonyl (C=O) groups excluding carboxylic acids is 3. The molecule has 11 heteroatoms. The average Bonchev–Trinajstić information content (AvgIpc) is 2.61. The second-order valence-electron chi connectivity index (χ2n) is 9.02. The van der Waals surface area contributed by atoms with Crippen LogP contribution in [0.2, 0.25) is 0 Å². The molecule has 0 bridgehead atoms. The van der Waals surface area contributed by atoms with E-state index in [4.69, 9.17) is 14.2 Å². The molecule has 0 saturated carbocycles. The average molecular weight is 473 g/mol. The first-order valence-corrected chi connectivity index (χ1v) is 11.4. The molecule has 0 radical (unpaired) electrons. The van der Waals surface area contributed by atoms with Crippen LogP contribution in [-0.4, -0.2) is 55.0 Å². The molecular formula is C21H32N2O8S. The van der Waals surface area contributed by atoms with Crippen LogP contribution in [0.15, 0.2) is 30.3 Å². The normalized spacial score (nSPS) is 13.2. The quantitative estimate of drug-likeness (QED) is 0.451. The van der Waals surface area contributed by atoms with Crippen molar-refractivity contribution in [3.05, 3.63) is 35.9 Å². The minimum Gasteiger partial charge on any atom is -0.460 e. The first-order chi connectivity index (χ1) is 14.5. The fraction of sp³-hybridized carbons (Fsp3) is 0.571. The topological polar surface area (TPSA) is 128 Å². The van der Waals surface area contributed by atoms with E-state index in [1.807, 2.05) is 0 Å². The molecule has 180 valence electrons. The lowest BCUT2D eigenvalue weighted by atomic mass is 10.1. The van der Waals surface area contributed by atoms with Gasteiger partial charge in [0.05, 0.1) is 6.42 Å². The summed E-state index contributed by atoms with van der Waals surface area (Å²) in [5, 5.41) is 0. The number of amides is 1. The summed E-state index contributed by atoms with van der Waals surface area (Å²) in [5.74, 6) is -1.77. The Morgan fingerprint density at radius 3 is 2.00 bits per heavy atom. The van der Waals surface area contributed by atoms with Crippen LogP contribution >= 0.6 is 0 Å². The van der Waals surface area contributed by atoms with E-state index in [1.54, 1.807) is 76.6 Å². The van der Waals surface area contributed by atoms with Crippen molar-refractivity contribution < 1.29 is 37.0 Å². The molecule has 0 aliphatic rings. The summed E-state index contributed by atoms with van der Waals surface area (Å²) in [4.78, 5) is 37.0. The highest BCUT2D eigenvalue weighted by molar-refractivity contribution is 7.87. The molecule has 0 aliphatic carbocycles. The van der Waals surface area contributed by atoms with Gasteiger partial charge in [-0.15, -0.1) is 0 Å². The molecule has 32 heavy (non-hydrogen) atoms. The molecule has 1 amide bonds. The van der Waals surface area contributed by atoms with Gasteiger partial charge >= 0.3 is 28.2 Å². The molecule has 10 nitrogen and oxygen atoms in total. The van der Waals surface area contributed by atoms with Gasteiger partial charge < -0.3 is 14.2 Å². The number of ether oxygens (including phenoxy) is 3. The molecule has 0 aromatic heterocycles. The van der Waals surface area contributed by atoms with Crippen molar-refractivity contribution in [2.75, 3.05) is 7.05 Å². The largest absolute Gasteiger partial charge is 0.460 e. The van der Waals surface area contributed by atoms with E-state index in [0.717, 1.165) is 7.05 Å².